The zero-order valence-electron chi connectivity index (χ0n) is 18.6. The Balaban J connectivity index is 1.68. The lowest BCUT2D eigenvalue weighted by atomic mass is 10.1. The molecule has 2 aromatic rings. The number of hydrogen-bond donors (Lipinski definition) is 0. The van der Waals surface area contributed by atoms with Crippen LogP contribution in [0.25, 0.3) is 0 Å². The lowest BCUT2D eigenvalue weighted by Gasteiger charge is -2.24. The summed E-state index contributed by atoms with van der Waals surface area (Å²) < 4.78 is 20.5. The van der Waals surface area contributed by atoms with Gasteiger partial charge in [0.15, 0.2) is 0 Å². The number of carbonyl (C=O) groups excluding carboxylic acids is 1. The van der Waals surface area contributed by atoms with E-state index >= 15 is 0 Å². The van der Waals surface area contributed by atoms with E-state index in [4.69, 9.17) is 4.74 Å². The maximum atomic E-state index is 14.8. The number of hydrogen-bond acceptors (Lipinski definition) is 4. The third-order valence-corrected chi connectivity index (χ3v) is 5.54. The molecule has 30 heavy (non-hydrogen) atoms. The Morgan fingerprint density at radius 3 is 2.43 bits per heavy atom. The summed E-state index contributed by atoms with van der Waals surface area (Å²) in [5.74, 6) is 0.681. The van der Waals surface area contributed by atoms with Crippen LogP contribution in [0, 0.1) is 11.7 Å². The molecule has 162 valence electrons. The van der Waals surface area contributed by atoms with Crippen molar-refractivity contribution in [3.63, 3.8) is 0 Å². The van der Waals surface area contributed by atoms with Crippen LogP contribution in [0.15, 0.2) is 42.5 Å². The molecule has 1 aliphatic rings. The summed E-state index contributed by atoms with van der Waals surface area (Å²) in [5.41, 5.74) is 1.66. The van der Waals surface area contributed by atoms with E-state index in [1.54, 1.807) is 43.4 Å². The van der Waals surface area contributed by atoms with Gasteiger partial charge in [-0.2, -0.15) is 0 Å². The Morgan fingerprint density at radius 2 is 1.87 bits per heavy atom. The molecule has 1 unspecified atom stereocenters. The monoisotopic (exact) mass is 413 g/mol. The van der Waals surface area contributed by atoms with Crippen LogP contribution in [0.2, 0.25) is 0 Å². The predicted octanol–water partition coefficient (Wildman–Crippen LogP) is 4.28. The molecule has 0 radical (unpaired) electrons. The van der Waals surface area contributed by atoms with Gasteiger partial charge in [0.2, 0.25) is 0 Å². The molecule has 1 fully saturated rings. The number of carbonyl (C=O) groups is 1. The van der Waals surface area contributed by atoms with Gasteiger partial charge in [-0.3, -0.25) is 4.79 Å². The SMILES string of the molecule is CC(C)COc1ccc(C(=O)N(C)c2ccc(N3CCC(N(C)C)C3)c(F)c2)cc1. The van der Waals surface area contributed by atoms with Crippen LogP contribution in [0.4, 0.5) is 15.8 Å². The maximum absolute atomic E-state index is 14.8. The van der Waals surface area contributed by atoms with E-state index in [2.05, 4.69) is 37.7 Å². The molecule has 1 aliphatic heterocycles. The zero-order valence-corrected chi connectivity index (χ0v) is 18.6. The molecule has 0 aliphatic carbocycles. The van der Waals surface area contributed by atoms with Gasteiger partial charge in [-0.25, -0.2) is 4.39 Å². The normalized spacial score (nSPS) is 16.4. The Labute approximate surface area is 179 Å². The van der Waals surface area contributed by atoms with Gasteiger partial charge in [-0.05, 0) is 68.9 Å². The molecule has 1 atom stereocenters. The molecular formula is C24H32FN3O2. The maximum Gasteiger partial charge on any atom is 0.258 e. The summed E-state index contributed by atoms with van der Waals surface area (Å²) in [6, 6.07) is 12.5. The van der Waals surface area contributed by atoms with E-state index < -0.39 is 0 Å². The van der Waals surface area contributed by atoms with Crippen molar-refractivity contribution in [2.75, 3.05) is 50.6 Å². The Hall–Kier alpha value is -2.60. The van der Waals surface area contributed by atoms with Gasteiger partial charge in [0.1, 0.15) is 11.6 Å². The smallest absolute Gasteiger partial charge is 0.258 e. The van der Waals surface area contributed by atoms with Crippen molar-refractivity contribution in [2.24, 2.45) is 5.92 Å². The number of rotatable bonds is 7. The Kier molecular flexibility index (Phi) is 6.98. The number of anilines is 2. The van der Waals surface area contributed by atoms with Crippen LogP contribution >= 0.6 is 0 Å². The second-order valence-electron chi connectivity index (χ2n) is 8.58. The fourth-order valence-electron chi connectivity index (χ4n) is 3.61. The minimum Gasteiger partial charge on any atom is -0.493 e. The molecule has 3 rings (SSSR count). The van der Waals surface area contributed by atoms with Crippen molar-refractivity contribution in [3.8, 4) is 5.75 Å². The van der Waals surface area contributed by atoms with E-state index in [1.165, 1.54) is 11.0 Å². The van der Waals surface area contributed by atoms with Crippen LogP contribution in [-0.4, -0.2) is 57.7 Å². The number of benzene rings is 2. The van der Waals surface area contributed by atoms with Gasteiger partial charge >= 0.3 is 0 Å². The average Bonchev–Trinajstić information content (AvgIpc) is 3.21. The van der Waals surface area contributed by atoms with Gasteiger partial charge in [0.25, 0.3) is 5.91 Å². The first kappa shape index (κ1) is 22.1. The largest absolute Gasteiger partial charge is 0.493 e. The topological polar surface area (TPSA) is 36.0 Å². The molecule has 2 aromatic carbocycles. The fraction of sp³-hybridized carbons (Fsp3) is 0.458. The van der Waals surface area contributed by atoms with Gasteiger partial charge < -0.3 is 19.4 Å². The van der Waals surface area contributed by atoms with Crippen molar-refractivity contribution in [2.45, 2.75) is 26.3 Å². The average molecular weight is 414 g/mol. The molecule has 0 bridgehead atoms. The van der Waals surface area contributed by atoms with Crippen LogP contribution in [-0.2, 0) is 0 Å². The minimum atomic E-state index is -0.302. The van der Waals surface area contributed by atoms with Crippen molar-refractivity contribution in [3.05, 3.63) is 53.8 Å². The van der Waals surface area contributed by atoms with E-state index in [0.717, 1.165) is 25.3 Å². The quantitative estimate of drug-likeness (QED) is 0.679. The van der Waals surface area contributed by atoms with Crippen LogP contribution < -0.4 is 14.5 Å². The standard InChI is InChI=1S/C24H32FN3O2/c1-17(2)16-30-21-9-6-18(7-10-21)24(29)27(5)19-8-11-23(22(25)14-19)28-13-12-20(15-28)26(3)4/h6-11,14,17,20H,12-13,15-16H2,1-5H3. The number of amides is 1. The number of ether oxygens (including phenoxy) is 1. The summed E-state index contributed by atoms with van der Waals surface area (Å²) in [4.78, 5) is 18.6. The van der Waals surface area contributed by atoms with Crippen molar-refractivity contribution >= 4 is 17.3 Å². The lowest BCUT2D eigenvalue weighted by molar-refractivity contribution is 0.0993. The molecule has 0 spiro atoms. The highest BCUT2D eigenvalue weighted by Crippen LogP contribution is 2.29. The van der Waals surface area contributed by atoms with Crippen molar-refractivity contribution in [1.82, 2.24) is 4.90 Å². The summed E-state index contributed by atoms with van der Waals surface area (Å²) >= 11 is 0. The van der Waals surface area contributed by atoms with E-state index in [1.807, 2.05) is 0 Å². The molecule has 1 heterocycles. The third kappa shape index (κ3) is 5.11. The summed E-state index contributed by atoms with van der Waals surface area (Å²) in [6.45, 7) is 6.44. The summed E-state index contributed by atoms with van der Waals surface area (Å²) in [7, 11) is 5.77. The van der Waals surface area contributed by atoms with E-state index in [0.29, 0.717) is 35.5 Å². The minimum absolute atomic E-state index is 0.189. The Bertz CT molecular complexity index is 867. The first-order valence-electron chi connectivity index (χ1n) is 10.5. The highest BCUT2D eigenvalue weighted by molar-refractivity contribution is 6.05. The second kappa shape index (κ2) is 9.47. The number of nitrogens with zero attached hydrogens (tertiary/aromatic N) is 3. The molecule has 5 nitrogen and oxygen atoms in total. The molecule has 0 N–H and O–H groups in total. The molecule has 1 saturated heterocycles. The highest BCUT2D eigenvalue weighted by atomic mass is 19.1. The van der Waals surface area contributed by atoms with Gasteiger partial charge in [0, 0.05) is 37.4 Å². The van der Waals surface area contributed by atoms with Crippen molar-refractivity contribution in [1.29, 1.82) is 0 Å². The first-order chi connectivity index (χ1) is 14.3. The molecule has 1 amide bonds. The van der Waals surface area contributed by atoms with Crippen LogP contribution in [0.3, 0.4) is 0 Å². The zero-order chi connectivity index (χ0) is 21.8. The summed E-state index contributed by atoms with van der Waals surface area (Å²) in [5, 5.41) is 0. The second-order valence-corrected chi connectivity index (χ2v) is 8.58. The summed E-state index contributed by atoms with van der Waals surface area (Å²) in [6.07, 6.45) is 1.02. The molecule has 0 aromatic heterocycles. The van der Waals surface area contributed by atoms with Crippen LogP contribution in [0.1, 0.15) is 30.6 Å². The van der Waals surface area contributed by atoms with E-state index in [9.17, 15) is 9.18 Å². The van der Waals surface area contributed by atoms with Gasteiger partial charge in [-0.15, -0.1) is 0 Å². The van der Waals surface area contributed by atoms with Crippen molar-refractivity contribution < 1.29 is 13.9 Å². The predicted molar refractivity (Wildman–Crippen MR) is 120 cm³/mol. The molecule has 0 saturated carbocycles. The molecule has 6 heteroatoms. The molecular weight excluding hydrogens is 381 g/mol. The lowest BCUT2D eigenvalue weighted by Crippen LogP contribution is -2.31. The van der Waals surface area contributed by atoms with Gasteiger partial charge in [-0.1, -0.05) is 13.8 Å². The van der Waals surface area contributed by atoms with Crippen LogP contribution in [0.5, 0.6) is 5.75 Å². The van der Waals surface area contributed by atoms with E-state index in [-0.39, 0.29) is 11.7 Å². The Morgan fingerprint density at radius 1 is 1.17 bits per heavy atom. The fourth-order valence-corrected chi connectivity index (χ4v) is 3.61. The van der Waals surface area contributed by atoms with Gasteiger partial charge in [0.05, 0.1) is 12.3 Å². The highest BCUT2D eigenvalue weighted by Gasteiger charge is 2.26. The first-order valence-corrected chi connectivity index (χ1v) is 10.5. The number of halogens is 1. The number of likely N-dealkylation sites (N-methyl/N-ethyl adjacent to an activating group) is 1. The third-order valence-electron chi connectivity index (χ3n) is 5.54.